The molecule has 13 heavy (non-hydrogen) atoms. The van der Waals surface area contributed by atoms with E-state index in [1.54, 1.807) is 19.1 Å². The molecule has 1 aliphatic rings. The van der Waals surface area contributed by atoms with E-state index >= 15 is 0 Å². The maximum absolute atomic E-state index is 13.4. The third-order valence-electron chi connectivity index (χ3n) is 2.27. The highest BCUT2D eigenvalue weighted by Gasteiger charge is 2.37. The fourth-order valence-corrected chi connectivity index (χ4v) is 2.85. The Bertz CT molecular complexity index is 334. The Labute approximate surface area is 80.3 Å². The van der Waals surface area contributed by atoms with Crippen molar-refractivity contribution in [1.82, 2.24) is 0 Å². The molecule has 0 nitrogen and oxygen atoms in total. The topological polar surface area (TPSA) is 0 Å². The Balaban J connectivity index is 2.61. The molecule has 0 amide bonds. The molecular weight excluding hydrogens is 190 g/mol. The lowest BCUT2D eigenvalue weighted by molar-refractivity contribution is -0.0122. The van der Waals surface area contributed by atoms with Crippen LogP contribution in [0.25, 0.3) is 0 Å². The average Bonchev–Trinajstić information content (AvgIpc) is 2.02. The second-order valence-corrected chi connectivity index (χ2v) is 4.39. The quantitative estimate of drug-likeness (QED) is 0.616. The number of rotatable bonds is 0. The van der Waals surface area contributed by atoms with Gasteiger partial charge in [0.2, 0.25) is 0 Å². The van der Waals surface area contributed by atoms with Crippen LogP contribution in [0.2, 0.25) is 0 Å². The Morgan fingerprint density at radius 2 is 2.15 bits per heavy atom. The molecule has 1 aliphatic heterocycles. The van der Waals surface area contributed by atoms with E-state index in [1.165, 1.54) is 11.8 Å². The van der Waals surface area contributed by atoms with Crippen molar-refractivity contribution in [3.8, 4) is 0 Å². The summed E-state index contributed by atoms with van der Waals surface area (Å²) in [5.41, 5.74) is 0.945. The monoisotopic (exact) mass is 200 g/mol. The molecule has 70 valence electrons. The molecule has 0 radical (unpaired) electrons. The summed E-state index contributed by atoms with van der Waals surface area (Å²) in [6.45, 7) is 1.75. The lowest BCUT2D eigenvalue weighted by Crippen LogP contribution is -2.20. The zero-order valence-corrected chi connectivity index (χ0v) is 8.13. The van der Waals surface area contributed by atoms with E-state index in [1.807, 2.05) is 6.07 Å². The number of aryl methyl sites for hydroxylation is 1. The van der Waals surface area contributed by atoms with Crippen LogP contribution >= 0.6 is 11.8 Å². The summed E-state index contributed by atoms with van der Waals surface area (Å²) in [4.78, 5) is 0.747. The Morgan fingerprint density at radius 1 is 1.38 bits per heavy atom. The van der Waals surface area contributed by atoms with Crippen molar-refractivity contribution in [3.05, 3.63) is 29.3 Å². The minimum atomic E-state index is -2.62. The van der Waals surface area contributed by atoms with Gasteiger partial charge in [0, 0.05) is 22.6 Å². The van der Waals surface area contributed by atoms with Crippen LogP contribution in [0.4, 0.5) is 8.78 Å². The zero-order chi connectivity index (χ0) is 9.47. The first kappa shape index (κ1) is 9.00. The molecule has 0 bridgehead atoms. The van der Waals surface area contributed by atoms with E-state index in [9.17, 15) is 8.78 Å². The van der Waals surface area contributed by atoms with Gasteiger partial charge < -0.3 is 0 Å². The summed E-state index contributed by atoms with van der Waals surface area (Å²) >= 11 is 1.53. The third kappa shape index (κ3) is 1.46. The van der Waals surface area contributed by atoms with Crippen molar-refractivity contribution in [2.75, 3.05) is 5.75 Å². The molecule has 0 saturated heterocycles. The standard InChI is InChI=1S/C10H10F2S/c1-7-3-2-4-8-9(7)10(11,12)5-6-13-8/h2-4H,5-6H2,1H3. The molecule has 0 aromatic heterocycles. The van der Waals surface area contributed by atoms with Crippen molar-refractivity contribution in [2.24, 2.45) is 0 Å². The fourth-order valence-electron chi connectivity index (χ4n) is 1.64. The first-order chi connectivity index (χ1) is 6.11. The number of halogens is 2. The van der Waals surface area contributed by atoms with Crippen LogP contribution in [0.1, 0.15) is 17.5 Å². The van der Waals surface area contributed by atoms with Crippen molar-refractivity contribution in [3.63, 3.8) is 0 Å². The molecular formula is C10H10F2S. The molecule has 0 fully saturated rings. The Kier molecular flexibility index (Phi) is 2.06. The van der Waals surface area contributed by atoms with Crippen molar-refractivity contribution in [1.29, 1.82) is 0 Å². The summed E-state index contributed by atoms with van der Waals surface area (Å²) in [5, 5.41) is 0. The number of benzene rings is 1. The van der Waals surface area contributed by atoms with Gasteiger partial charge in [-0.25, -0.2) is 8.78 Å². The van der Waals surface area contributed by atoms with Crippen LogP contribution in [0.5, 0.6) is 0 Å². The molecule has 0 unspecified atom stereocenters. The minimum Gasteiger partial charge on any atom is -0.201 e. The summed E-state index contributed by atoms with van der Waals surface area (Å²) in [6.07, 6.45) is -0.0322. The van der Waals surface area contributed by atoms with E-state index in [-0.39, 0.29) is 12.0 Å². The zero-order valence-electron chi connectivity index (χ0n) is 7.31. The summed E-state index contributed by atoms with van der Waals surface area (Å²) in [6, 6.07) is 5.36. The summed E-state index contributed by atoms with van der Waals surface area (Å²) in [5.74, 6) is -2.10. The first-order valence-corrected chi connectivity index (χ1v) is 5.20. The first-order valence-electron chi connectivity index (χ1n) is 4.22. The number of hydrogen-bond donors (Lipinski definition) is 0. The van der Waals surface area contributed by atoms with Gasteiger partial charge in [-0.1, -0.05) is 12.1 Å². The largest absolute Gasteiger partial charge is 0.275 e. The van der Waals surface area contributed by atoms with E-state index < -0.39 is 5.92 Å². The third-order valence-corrected chi connectivity index (χ3v) is 3.33. The lowest BCUT2D eigenvalue weighted by Gasteiger charge is -2.26. The normalized spacial score (nSPS) is 19.6. The van der Waals surface area contributed by atoms with Crippen LogP contribution in [0.3, 0.4) is 0 Å². The van der Waals surface area contributed by atoms with E-state index in [0.29, 0.717) is 11.3 Å². The SMILES string of the molecule is Cc1cccc2c1C(F)(F)CCS2. The van der Waals surface area contributed by atoms with Gasteiger partial charge in [0.15, 0.2) is 0 Å². The van der Waals surface area contributed by atoms with Gasteiger partial charge in [-0.15, -0.1) is 11.8 Å². The predicted molar refractivity (Wildman–Crippen MR) is 50.4 cm³/mol. The molecule has 3 heteroatoms. The summed E-state index contributed by atoms with van der Waals surface area (Å²) < 4.78 is 26.9. The van der Waals surface area contributed by atoms with Gasteiger partial charge in [-0.05, 0) is 18.6 Å². The molecule has 1 heterocycles. The number of fused-ring (bicyclic) bond motifs is 1. The second kappa shape index (κ2) is 2.98. The molecule has 0 N–H and O–H groups in total. The van der Waals surface area contributed by atoms with Gasteiger partial charge in [-0.3, -0.25) is 0 Å². The molecule has 0 atom stereocenters. The van der Waals surface area contributed by atoms with Crippen molar-refractivity contribution in [2.45, 2.75) is 24.2 Å². The number of thioether (sulfide) groups is 1. The van der Waals surface area contributed by atoms with E-state index in [4.69, 9.17) is 0 Å². The highest BCUT2D eigenvalue weighted by atomic mass is 32.2. The molecule has 2 rings (SSSR count). The van der Waals surface area contributed by atoms with Gasteiger partial charge in [-0.2, -0.15) is 0 Å². The van der Waals surface area contributed by atoms with Crippen LogP contribution < -0.4 is 0 Å². The van der Waals surface area contributed by atoms with Gasteiger partial charge >= 0.3 is 0 Å². The van der Waals surface area contributed by atoms with Crippen LogP contribution in [0, 0.1) is 6.92 Å². The molecule has 1 aromatic rings. The minimum absolute atomic E-state index is 0.0322. The van der Waals surface area contributed by atoms with Gasteiger partial charge in [0.05, 0.1) is 0 Å². The van der Waals surface area contributed by atoms with Gasteiger partial charge in [0.25, 0.3) is 5.92 Å². The number of alkyl halides is 2. The Morgan fingerprint density at radius 3 is 2.85 bits per heavy atom. The average molecular weight is 200 g/mol. The smallest absolute Gasteiger partial charge is 0.201 e. The summed E-state index contributed by atoms with van der Waals surface area (Å²) in [7, 11) is 0. The fraction of sp³-hybridized carbons (Fsp3) is 0.400. The lowest BCUT2D eigenvalue weighted by atomic mass is 10.0. The molecule has 0 aliphatic carbocycles. The van der Waals surface area contributed by atoms with Crippen LogP contribution in [0.15, 0.2) is 23.1 Å². The van der Waals surface area contributed by atoms with E-state index in [2.05, 4.69) is 0 Å². The molecule has 0 saturated carbocycles. The van der Waals surface area contributed by atoms with Gasteiger partial charge in [0.1, 0.15) is 0 Å². The highest BCUT2D eigenvalue weighted by Crippen LogP contribution is 2.45. The van der Waals surface area contributed by atoms with Crippen LogP contribution in [-0.2, 0) is 5.92 Å². The molecule has 1 aromatic carbocycles. The highest BCUT2D eigenvalue weighted by molar-refractivity contribution is 7.99. The van der Waals surface area contributed by atoms with Crippen molar-refractivity contribution < 1.29 is 8.78 Å². The van der Waals surface area contributed by atoms with Crippen LogP contribution in [-0.4, -0.2) is 5.75 Å². The molecule has 0 spiro atoms. The second-order valence-electron chi connectivity index (χ2n) is 3.25. The van der Waals surface area contributed by atoms with Crippen molar-refractivity contribution >= 4 is 11.8 Å². The number of hydrogen-bond acceptors (Lipinski definition) is 1. The Hall–Kier alpha value is -0.570. The maximum atomic E-state index is 13.4. The predicted octanol–water partition coefficient (Wildman–Crippen LogP) is 3.58. The van der Waals surface area contributed by atoms with E-state index in [0.717, 1.165) is 4.90 Å². The maximum Gasteiger partial charge on any atom is 0.275 e.